The van der Waals surface area contributed by atoms with Crippen LogP contribution in [0.3, 0.4) is 0 Å². The van der Waals surface area contributed by atoms with Crippen LogP contribution in [0.1, 0.15) is 12.5 Å². The zero-order valence-electron chi connectivity index (χ0n) is 7.29. The molecule has 13 heavy (non-hydrogen) atoms. The molecule has 0 spiro atoms. The Balaban J connectivity index is 2.31. The smallest absolute Gasteiger partial charge is 0.152 e. The van der Waals surface area contributed by atoms with Crippen LogP contribution in [-0.4, -0.2) is 23.4 Å². The number of hydrogen-bond acceptors (Lipinski definition) is 3. The SMILES string of the molecule is CC1CN=C(c2ccncc2F)N1. The second-order valence-corrected chi connectivity index (χ2v) is 3.09. The Morgan fingerprint density at radius 3 is 3.08 bits per heavy atom. The number of pyridine rings is 1. The first-order chi connectivity index (χ1) is 6.27. The second kappa shape index (κ2) is 3.12. The maximum Gasteiger partial charge on any atom is 0.152 e. The lowest BCUT2D eigenvalue weighted by atomic mass is 10.2. The molecule has 0 saturated heterocycles. The van der Waals surface area contributed by atoms with Gasteiger partial charge in [-0.25, -0.2) is 4.39 Å². The molecule has 1 N–H and O–H groups in total. The van der Waals surface area contributed by atoms with Crippen molar-refractivity contribution >= 4 is 5.84 Å². The molecule has 1 atom stereocenters. The Morgan fingerprint density at radius 1 is 1.62 bits per heavy atom. The molecule has 0 saturated carbocycles. The first kappa shape index (κ1) is 8.16. The summed E-state index contributed by atoms with van der Waals surface area (Å²) in [5.74, 6) is 0.301. The highest BCUT2D eigenvalue weighted by Crippen LogP contribution is 2.08. The highest BCUT2D eigenvalue weighted by atomic mass is 19.1. The zero-order chi connectivity index (χ0) is 9.26. The van der Waals surface area contributed by atoms with Crippen molar-refractivity contribution in [3.8, 4) is 0 Å². The van der Waals surface area contributed by atoms with E-state index in [1.54, 1.807) is 12.3 Å². The Labute approximate surface area is 75.7 Å². The summed E-state index contributed by atoms with van der Waals surface area (Å²) in [4.78, 5) is 7.86. The van der Waals surface area contributed by atoms with E-state index in [1.165, 1.54) is 6.20 Å². The van der Waals surface area contributed by atoms with Gasteiger partial charge in [-0.1, -0.05) is 0 Å². The van der Waals surface area contributed by atoms with E-state index in [1.807, 2.05) is 6.92 Å². The van der Waals surface area contributed by atoms with Gasteiger partial charge in [0.15, 0.2) is 5.82 Å². The summed E-state index contributed by atoms with van der Waals surface area (Å²) >= 11 is 0. The molecule has 0 aromatic carbocycles. The largest absolute Gasteiger partial charge is 0.365 e. The van der Waals surface area contributed by atoms with Crippen molar-refractivity contribution in [3.63, 3.8) is 0 Å². The van der Waals surface area contributed by atoms with Crippen LogP contribution in [-0.2, 0) is 0 Å². The molecular formula is C9H10FN3. The van der Waals surface area contributed by atoms with E-state index in [0.29, 0.717) is 24.0 Å². The molecule has 1 aromatic heterocycles. The molecule has 3 nitrogen and oxygen atoms in total. The lowest BCUT2D eigenvalue weighted by molar-refractivity contribution is 0.617. The molecule has 1 aromatic rings. The van der Waals surface area contributed by atoms with Crippen molar-refractivity contribution in [1.29, 1.82) is 0 Å². The lowest BCUT2D eigenvalue weighted by Crippen LogP contribution is -2.28. The molecule has 0 amide bonds. The molecule has 1 aliphatic heterocycles. The summed E-state index contributed by atoms with van der Waals surface area (Å²) < 4.78 is 13.2. The molecule has 4 heteroatoms. The van der Waals surface area contributed by atoms with Crippen molar-refractivity contribution < 1.29 is 4.39 Å². The molecule has 1 unspecified atom stereocenters. The minimum atomic E-state index is -0.331. The van der Waals surface area contributed by atoms with Gasteiger partial charge >= 0.3 is 0 Å². The van der Waals surface area contributed by atoms with Gasteiger partial charge in [0.05, 0.1) is 18.3 Å². The maximum absolute atomic E-state index is 13.2. The van der Waals surface area contributed by atoms with E-state index in [4.69, 9.17) is 0 Å². The highest BCUT2D eigenvalue weighted by molar-refractivity contribution is 6.00. The number of amidine groups is 1. The normalized spacial score (nSPS) is 21.1. The Kier molecular flexibility index (Phi) is 1.96. The highest BCUT2D eigenvalue weighted by Gasteiger charge is 2.16. The molecule has 0 aliphatic carbocycles. The first-order valence-corrected chi connectivity index (χ1v) is 4.18. The lowest BCUT2D eigenvalue weighted by Gasteiger charge is -2.05. The minimum Gasteiger partial charge on any atom is -0.365 e. The topological polar surface area (TPSA) is 37.3 Å². The van der Waals surface area contributed by atoms with Gasteiger partial charge in [0.1, 0.15) is 5.84 Å². The number of halogens is 1. The molecule has 1 aliphatic rings. The van der Waals surface area contributed by atoms with Crippen LogP contribution < -0.4 is 5.32 Å². The van der Waals surface area contributed by atoms with Gasteiger partial charge in [-0.05, 0) is 13.0 Å². The third kappa shape index (κ3) is 1.52. The fourth-order valence-corrected chi connectivity index (χ4v) is 1.28. The van der Waals surface area contributed by atoms with Crippen LogP contribution in [0.15, 0.2) is 23.5 Å². The predicted molar refractivity (Wildman–Crippen MR) is 48.2 cm³/mol. The van der Waals surface area contributed by atoms with E-state index in [-0.39, 0.29) is 5.82 Å². The van der Waals surface area contributed by atoms with Crippen LogP contribution in [0.2, 0.25) is 0 Å². The average Bonchev–Trinajstić information content (AvgIpc) is 2.53. The number of nitrogens with one attached hydrogen (secondary N) is 1. The van der Waals surface area contributed by atoms with Crippen molar-refractivity contribution in [2.24, 2.45) is 4.99 Å². The third-order valence-electron chi connectivity index (χ3n) is 1.93. The summed E-state index contributed by atoms with van der Waals surface area (Å²) in [5.41, 5.74) is 0.499. The molecule has 0 fully saturated rings. The van der Waals surface area contributed by atoms with Crippen molar-refractivity contribution in [2.75, 3.05) is 6.54 Å². The Bertz CT molecular complexity index is 348. The molecule has 0 bridgehead atoms. The van der Waals surface area contributed by atoms with Crippen LogP contribution >= 0.6 is 0 Å². The number of hydrogen-bond donors (Lipinski definition) is 1. The number of aliphatic imine (C=N–C) groups is 1. The standard InChI is InChI=1S/C9H10FN3/c1-6-4-12-9(13-6)7-2-3-11-5-8(7)10/h2-3,5-6H,4H2,1H3,(H,12,13). The molecular weight excluding hydrogens is 169 g/mol. The fourth-order valence-electron chi connectivity index (χ4n) is 1.28. The third-order valence-corrected chi connectivity index (χ3v) is 1.93. The maximum atomic E-state index is 13.2. The molecule has 2 rings (SSSR count). The summed E-state index contributed by atoms with van der Waals surface area (Å²) in [5, 5.41) is 3.09. The van der Waals surface area contributed by atoms with E-state index >= 15 is 0 Å². The molecule has 68 valence electrons. The quantitative estimate of drug-likeness (QED) is 0.697. The van der Waals surface area contributed by atoms with Crippen LogP contribution in [0.5, 0.6) is 0 Å². The van der Waals surface area contributed by atoms with Crippen LogP contribution in [0, 0.1) is 5.82 Å². The van der Waals surface area contributed by atoms with Crippen LogP contribution in [0.25, 0.3) is 0 Å². The van der Waals surface area contributed by atoms with E-state index < -0.39 is 0 Å². The van der Waals surface area contributed by atoms with E-state index in [0.717, 1.165) is 0 Å². The molecule has 0 radical (unpaired) electrons. The number of rotatable bonds is 1. The Morgan fingerprint density at radius 2 is 2.46 bits per heavy atom. The van der Waals surface area contributed by atoms with Crippen LogP contribution in [0.4, 0.5) is 4.39 Å². The minimum absolute atomic E-state index is 0.294. The van der Waals surface area contributed by atoms with Crippen molar-refractivity contribution in [3.05, 3.63) is 29.8 Å². The van der Waals surface area contributed by atoms with E-state index in [2.05, 4.69) is 15.3 Å². The summed E-state index contributed by atoms with van der Waals surface area (Å²) in [6.07, 6.45) is 2.76. The zero-order valence-corrected chi connectivity index (χ0v) is 7.29. The number of nitrogens with zero attached hydrogens (tertiary/aromatic N) is 2. The summed E-state index contributed by atoms with van der Waals surface area (Å²) in [7, 11) is 0. The Hall–Kier alpha value is -1.45. The van der Waals surface area contributed by atoms with Crippen molar-refractivity contribution in [2.45, 2.75) is 13.0 Å². The van der Waals surface area contributed by atoms with Gasteiger partial charge in [0, 0.05) is 12.2 Å². The monoisotopic (exact) mass is 179 g/mol. The van der Waals surface area contributed by atoms with Crippen molar-refractivity contribution in [1.82, 2.24) is 10.3 Å². The second-order valence-electron chi connectivity index (χ2n) is 3.09. The predicted octanol–water partition coefficient (Wildman–Crippen LogP) is 0.959. The first-order valence-electron chi connectivity index (χ1n) is 4.18. The van der Waals surface area contributed by atoms with Gasteiger partial charge in [-0.3, -0.25) is 9.98 Å². The average molecular weight is 179 g/mol. The number of aromatic nitrogens is 1. The van der Waals surface area contributed by atoms with Gasteiger partial charge in [-0.15, -0.1) is 0 Å². The summed E-state index contributed by atoms with van der Waals surface area (Å²) in [6.45, 7) is 2.71. The molecule has 2 heterocycles. The van der Waals surface area contributed by atoms with Gasteiger partial charge < -0.3 is 5.32 Å². The fraction of sp³-hybridized carbons (Fsp3) is 0.333. The van der Waals surface area contributed by atoms with Gasteiger partial charge in [0.25, 0.3) is 0 Å². The van der Waals surface area contributed by atoms with E-state index in [9.17, 15) is 4.39 Å². The van der Waals surface area contributed by atoms with Gasteiger partial charge in [0.2, 0.25) is 0 Å². The van der Waals surface area contributed by atoms with Gasteiger partial charge in [-0.2, -0.15) is 0 Å². The summed E-state index contributed by atoms with van der Waals surface area (Å²) in [6, 6.07) is 1.92.